The fraction of sp³-hybridized carbons (Fsp3) is 0.250. The van der Waals surface area contributed by atoms with E-state index < -0.39 is 0 Å². The van der Waals surface area contributed by atoms with Crippen LogP contribution in [0.5, 0.6) is 5.75 Å². The summed E-state index contributed by atoms with van der Waals surface area (Å²) in [5, 5.41) is 16.2. The van der Waals surface area contributed by atoms with Gasteiger partial charge >= 0.3 is 0 Å². The van der Waals surface area contributed by atoms with Gasteiger partial charge in [-0.05, 0) is 31.2 Å². The Labute approximate surface area is 132 Å². The molecule has 3 aromatic rings. The molecule has 6 nitrogen and oxygen atoms in total. The van der Waals surface area contributed by atoms with Crippen LogP contribution >= 0.6 is 0 Å². The van der Waals surface area contributed by atoms with E-state index in [1.54, 1.807) is 35.1 Å². The normalized spacial score (nSPS) is 12.3. The molecular formula is C16H17FN4O2. The van der Waals surface area contributed by atoms with Crippen LogP contribution in [0.4, 0.5) is 10.2 Å². The van der Waals surface area contributed by atoms with E-state index in [1.807, 2.05) is 6.92 Å². The highest BCUT2D eigenvalue weighted by molar-refractivity contribution is 5.48. The van der Waals surface area contributed by atoms with Crippen molar-refractivity contribution in [2.24, 2.45) is 0 Å². The minimum atomic E-state index is -0.343. The molecule has 0 bridgehead atoms. The van der Waals surface area contributed by atoms with Crippen molar-refractivity contribution in [2.75, 3.05) is 18.5 Å². The predicted octanol–water partition coefficient (Wildman–Crippen LogP) is 2.41. The largest absolute Gasteiger partial charge is 0.491 e. The fourth-order valence-corrected chi connectivity index (χ4v) is 2.34. The van der Waals surface area contributed by atoms with Crippen LogP contribution in [0.15, 0.2) is 42.7 Å². The monoisotopic (exact) mass is 316 g/mol. The minimum absolute atomic E-state index is 0.0991. The van der Waals surface area contributed by atoms with Crippen molar-refractivity contribution >= 4 is 11.5 Å². The number of fused-ring (bicyclic) bond motifs is 1. The van der Waals surface area contributed by atoms with E-state index in [2.05, 4.69) is 15.4 Å². The number of benzene rings is 1. The number of halogens is 1. The first-order chi connectivity index (χ1) is 11.2. The zero-order valence-electron chi connectivity index (χ0n) is 12.6. The van der Waals surface area contributed by atoms with Gasteiger partial charge in [-0.1, -0.05) is 0 Å². The molecule has 7 heteroatoms. The summed E-state index contributed by atoms with van der Waals surface area (Å²) in [6.07, 6.45) is 3.47. The summed E-state index contributed by atoms with van der Waals surface area (Å²) < 4.78 is 20.7. The summed E-state index contributed by atoms with van der Waals surface area (Å²) >= 11 is 0. The van der Waals surface area contributed by atoms with E-state index in [-0.39, 0.29) is 25.1 Å². The number of aliphatic hydroxyl groups is 1. The van der Waals surface area contributed by atoms with Gasteiger partial charge in [0.15, 0.2) is 5.65 Å². The third-order valence-corrected chi connectivity index (χ3v) is 3.41. The van der Waals surface area contributed by atoms with Crippen molar-refractivity contribution in [3.8, 4) is 5.75 Å². The number of nitrogens with zero attached hydrogens (tertiary/aromatic N) is 3. The zero-order chi connectivity index (χ0) is 16.2. The molecular weight excluding hydrogens is 299 g/mol. The number of aliphatic hydroxyl groups excluding tert-OH is 1. The van der Waals surface area contributed by atoms with Gasteiger partial charge in [0.25, 0.3) is 0 Å². The van der Waals surface area contributed by atoms with Gasteiger partial charge in [0, 0.05) is 17.8 Å². The summed E-state index contributed by atoms with van der Waals surface area (Å²) in [4.78, 5) is 4.43. The molecule has 1 aromatic carbocycles. The Morgan fingerprint density at radius 2 is 2.22 bits per heavy atom. The van der Waals surface area contributed by atoms with E-state index in [1.165, 1.54) is 12.1 Å². The van der Waals surface area contributed by atoms with Crippen molar-refractivity contribution < 1.29 is 14.2 Å². The number of ether oxygens (including phenoxy) is 1. The standard InChI is InChI=1S/C16H17FN4O2/c1-11(13-10-12(17)2-3-14(13)23-9-8-22)19-15-5-7-21-16(20-15)4-6-18-21/h2-7,10-11,22H,8-9H2,1H3,(H,19,20). The summed E-state index contributed by atoms with van der Waals surface area (Å²) in [5.41, 5.74) is 1.38. The van der Waals surface area contributed by atoms with E-state index in [0.29, 0.717) is 17.1 Å². The molecule has 0 radical (unpaired) electrons. The first-order valence-electron chi connectivity index (χ1n) is 7.27. The van der Waals surface area contributed by atoms with Crippen LogP contribution in [-0.2, 0) is 0 Å². The van der Waals surface area contributed by atoms with E-state index in [9.17, 15) is 4.39 Å². The summed E-state index contributed by atoms with van der Waals surface area (Å²) in [6.45, 7) is 1.95. The number of nitrogens with one attached hydrogen (secondary N) is 1. The molecule has 0 aliphatic carbocycles. The van der Waals surface area contributed by atoms with Crippen molar-refractivity contribution in [1.29, 1.82) is 0 Å². The maximum absolute atomic E-state index is 13.6. The second-order valence-corrected chi connectivity index (χ2v) is 5.07. The van der Waals surface area contributed by atoms with Gasteiger partial charge in [0.2, 0.25) is 0 Å². The first-order valence-corrected chi connectivity index (χ1v) is 7.27. The maximum atomic E-state index is 13.6. The topological polar surface area (TPSA) is 71.7 Å². The average molecular weight is 316 g/mol. The summed E-state index contributed by atoms with van der Waals surface area (Å²) in [6, 6.07) is 7.68. The van der Waals surface area contributed by atoms with Gasteiger partial charge in [0.1, 0.15) is 24.0 Å². The van der Waals surface area contributed by atoms with Crippen molar-refractivity contribution in [1.82, 2.24) is 14.6 Å². The smallest absolute Gasteiger partial charge is 0.157 e. The molecule has 2 N–H and O–H groups in total. The lowest BCUT2D eigenvalue weighted by molar-refractivity contribution is 0.200. The van der Waals surface area contributed by atoms with Gasteiger partial charge in [0.05, 0.1) is 18.8 Å². The van der Waals surface area contributed by atoms with Crippen molar-refractivity contribution in [2.45, 2.75) is 13.0 Å². The molecule has 0 spiro atoms. The highest BCUT2D eigenvalue weighted by Crippen LogP contribution is 2.28. The van der Waals surface area contributed by atoms with Crippen molar-refractivity contribution in [3.05, 3.63) is 54.1 Å². The number of aromatic nitrogens is 3. The molecule has 23 heavy (non-hydrogen) atoms. The van der Waals surface area contributed by atoms with E-state index >= 15 is 0 Å². The van der Waals surface area contributed by atoms with Crippen LogP contribution in [0.25, 0.3) is 5.65 Å². The second-order valence-electron chi connectivity index (χ2n) is 5.07. The Hall–Kier alpha value is -2.67. The summed E-state index contributed by atoms with van der Waals surface area (Å²) in [7, 11) is 0. The molecule has 0 amide bonds. The molecule has 0 fully saturated rings. The molecule has 0 aliphatic rings. The Morgan fingerprint density at radius 3 is 3.04 bits per heavy atom. The Kier molecular flexibility index (Phi) is 4.38. The Bertz CT molecular complexity index is 806. The molecule has 1 unspecified atom stereocenters. The zero-order valence-corrected chi connectivity index (χ0v) is 12.6. The van der Waals surface area contributed by atoms with Crippen LogP contribution in [-0.4, -0.2) is 32.9 Å². The van der Waals surface area contributed by atoms with Crippen LogP contribution < -0.4 is 10.1 Å². The van der Waals surface area contributed by atoms with Gasteiger partial charge in [-0.25, -0.2) is 13.9 Å². The van der Waals surface area contributed by atoms with Gasteiger partial charge in [-0.15, -0.1) is 0 Å². The highest BCUT2D eigenvalue weighted by Gasteiger charge is 2.14. The third kappa shape index (κ3) is 3.40. The minimum Gasteiger partial charge on any atom is -0.491 e. The predicted molar refractivity (Wildman–Crippen MR) is 84.0 cm³/mol. The molecule has 2 aromatic heterocycles. The molecule has 3 rings (SSSR count). The van der Waals surface area contributed by atoms with Crippen LogP contribution in [0.3, 0.4) is 0 Å². The highest BCUT2D eigenvalue weighted by atomic mass is 19.1. The quantitative estimate of drug-likeness (QED) is 0.731. The van der Waals surface area contributed by atoms with Crippen LogP contribution in [0.1, 0.15) is 18.5 Å². The van der Waals surface area contributed by atoms with E-state index in [0.717, 1.165) is 5.65 Å². The molecule has 0 aliphatic heterocycles. The number of rotatable bonds is 6. The summed E-state index contributed by atoms with van der Waals surface area (Å²) in [5.74, 6) is 0.845. The number of hydrogen-bond acceptors (Lipinski definition) is 5. The maximum Gasteiger partial charge on any atom is 0.157 e. The lowest BCUT2D eigenvalue weighted by atomic mass is 10.1. The molecule has 0 saturated heterocycles. The molecule has 0 saturated carbocycles. The Morgan fingerprint density at radius 1 is 1.35 bits per heavy atom. The second kappa shape index (κ2) is 6.62. The molecule has 2 heterocycles. The Balaban J connectivity index is 1.83. The molecule has 120 valence electrons. The van der Waals surface area contributed by atoms with Crippen LogP contribution in [0.2, 0.25) is 0 Å². The lowest BCUT2D eigenvalue weighted by Gasteiger charge is -2.19. The van der Waals surface area contributed by atoms with Crippen molar-refractivity contribution in [3.63, 3.8) is 0 Å². The van der Waals surface area contributed by atoms with E-state index in [4.69, 9.17) is 9.84 Å². The first kappa shape index (κ1) is 15.2. The third-order valence-electron chi connectivity index (χ3n) is 3.41. The fourth-order valence-electron chi connectivity index (χ4n) is 2.34. The SMILES string of the molecule is CC(Nc1ccn2nccc2n1)c1cc(F)ccc1OCCO. The molecule has 1 atom stereocenters. The van der Waals surface area contributed by atoms with Crippen LogP contribution in [0, 0.1) is 5.82 Å². The average Bonchev–Trinajstić information content (AvgIpc) is 3.01. The lowest BCUT2D eigenvalue weighted by Crippen LogP contribution is -2.12. The van der Waals surface area contributed by atoms with Gasteiger partial charge in [-0.2, -0.15) is 5.10 Å². The van der Waals surface area contributed by atoms with Gasteiger partial charge in [-0.3, -0.25) is 0 Å². The number of anilines is 1. The number of hydrogen-bond donors (Lipinski definition) is 2. The van der Waals surface area contributed by atoms with Gasteiger partial charge < -0.3 is 15.2 Å².